The molecule has 3 rings (SSSR count). The summed E-state index contributed by atoms with van der Waals surface area (Å²) in [5.74, 6) is 1.39. The Balaban J connectivity index is 1.71. The smallest absolute Gasteiger partial charge is 0.261 e. The highest BCUT2D eigenvalue weighted by Gasteiger charge is 2.17. The minimum Gasteiger partial charge on any atom is -0.496 e. The number of hydrogen-bond donors (Lipinski definition) is 2. The van der Waals surface area contributed by atoms with Crippen LogP contribution in [0, 0.1) is 0 Å². The van der Waals surface area contributed by atoms with E-state index < -0.39 is 5.91 Å². The lowest BCUT2D eigenvalue weighted by atomic mass is 10.2. The third-order valence-corrected chi connectivity index (χ3v) is 5.50. The summed E-state index contributed by atoms with van der Waals surface area (Å²) in [5.41, 5.74) is 4.45. The number of thiocarbonyl (C=S) groups is 1. The molecule has 1 heterocycles. The summed E-state index contributed by atoms with van der Waals surface area (Å²) >= 11 is 12.9. The molecule has 156 valence electrons. The Hall–Kier alpha value is -2.62. The summed E-state index contributed by atoms with van der Waals surface area (Å²) in [4.78, 5) is 12.6. The van der Waals surface area contributed by atoms with Crippen molar-refractivity contribution in [1.82, 2.24) is 20.2 Å². The normalized spacial score (nSPS) is 10.5. The first kappa shape index (κ1) is 22.1. The predicted molar refractivity (Wildman–Crippen MR) is 123 cm³/mol. The van der Waals surface area contributed by atoms with Crippen LogP contribution in [0.2, 0.25) is 5.02 Å². The van der Waals surface area contributed by atoms with E-state index in [0.717, 1.165) is 5.75 Å². The van der Waals surface area contributed by atoms with Gasteiger partial charge in [0.2, 0.25) is 5.16 Å². The summed E-state index contributed by atoms with van der Waals surface area (Å²) < 4.78 is 6.91. The van der Waals surface area contributed by atoms with Crippen LogP contribution < -0.4 is 15.5 Å². The van der Waals surface area contributed by atoms with Gasteiger partial charge in [0.25, 0.3) is 5.91 Å². The molecular weight excluding hydrogens is 442 g/mol. The number of nitrogens with one attached hydrogen (secondary N) is 2. The van der Waals surface area contributed by atoms with Crippen molar-refractivity contribution in [2.24, 2.45) is 0 Å². The first-order chi connectivity index (χ1) is 14.5. The van der Waals surface area contributed by atoms with Crippen LogP contribution in [0.3, 0.4) is 0 Å². The molecule has 0 atom stereocenters. The van der Waals surface area contributed by atoms with E-state index in [4.69, 9.17) is 28.6 Å². The van der Waals surface area contributed by atoms with E-state index in [0.29, 0.717) is 28.2 Å². The van der Waals surface area contributed by atoms with Crippen LogP contribution in [0.4, 0.5) is 0 Å². The molecule has 7 nitrogen and oxygen atoms in total. The van der Waals surface area contributed by atoms with Crippen LogP contribution in [-0.4, -0.2) is 33.0 Å². The fourth-order valence-electron chi connectivity index (χ4n) is 2.61. The van der Waals surface area contributed by atoms with E-state index in [-0.39, 0.29) is 10.7 Å². The van der Waals surface area contributed by atoms with Gasteiger partial charge >= 0.3 is 0 Å². The SMILES string of the molecule is CCc1nnc(SCc2ccccc2)n1NC(=S)NC(=O)c1cc(Cl)ccc1OC. The number of nitrogens with zero attached hydrogens (tertiary/aromatic N) is 3. The summed E-state index contributed by atoms with van der Waals surface area (Å²) in [6.45, 7) is 1.96. The van der Waals surface area contributed by atoms with E-state index in [1.165, 1.54) is 30.5 Å². The molecule has 0 saturated carbocycles. The molecule has 0 radical (unpaired) electrons. The van der Waals surface area contributed by atoms with Crippen LogP contribution in [0.15, 0.2) is 53.7 Å². The molecule has 0 aliphatic rings. The van der Waals surface area contributed by atoms with Crippen LogP contribution in [0.5, 0.6) is 5.75 Å². The molecule has 1 amide bonds. The highest BCUT2D eigenvalue weighted by Crippen LogP contribution is 2.23. The number of methoxy groups -OCH3 is 1. The number of aryl methyl sites for hydroxylation is 1. The zero-order chi connectivity index (χ0) is 21.5. The van der Waals surface area contributed by atoms with E-state index >= 15 is 0 Å². The van der Waals surface area contributed by atoms with Crippen molar-refractivity contribution in [2.75, 3.05) is 12.5 Å². The maximum absolute atomic E-state index is 12.6. The van der Waals surface area contributed by atoms with Gasteiger partial charge in [-0.1, -0.05) is 60.6 Å². The molecule has 0 aliphatic carbocycles. The van der Waals surface area contributed by atoms with Crippen LogP contribution in [0.25, 0.3) is 0 Å². The van der Waals surface area contributed by atoms with Crippen molar-refractivity contribution >= 4 is 46.6 Å². The maximum Gasteiger partial charge on any atom is 0.261 e. The number of aromatic nitrogens is 3. The molecule has 0 saturated heterocycles. The largest absolute Gasteiger partial charge is 0.496 e. The second-order valence-corrected chi connectivity index (χ2v) is 7.89. The Kier molecular flexibility index (Phi) is 7.67. The molecule has 1 aromatic heterocycles. The van der Waals surface area contributed by atoms with Crippen molar-refractivity contribution in [1.29, 1.82) is 0 Å². The molecular formula is C20H20ClN5O2S2. The van der Waals surface area contributed by atoms with Gasteiger partial charge in [-0.3, -0.25) is 15.5 Å². The summed E-state index contributed by atoms with van der Waals surface area (Å²) in [6.07, 6.45) is 0.643. The minimum atomic E-state index is -0.434. The molecule has 2 N–H and O–H groups in total. The molecule has 0 spiro atoms. The summed E-state index contributed by atoms with van der Waals surface area (Å²) in [5, 5.41) is 12.3. The van der Waals surface area contributed by atoms with Gasteiger partial charge in [-0.05, 0) is 36.0 Å². The van der Waals surface area contributed by atoms with E-state index in [1.807, 2.05) is 37.3 Å². The lowest BCUT2D eigenvalue weighted by Gasteiger charge is -2.14. The maximum atomic E-state index is 12.6. The summed E-state index contributed by atoms with van der Waals surface area (Å²) in [7, 11) is 1.48. The van der Waals surface area contributed by atoms with Crippen molar-refractivity contribution < 1.29 is 9.53 Å². The fourth-order valence-corrected chi connectivity index (χ4v) is 3.84. The average molecular weight is 462 g/mol. The molecule has 0 bridgehead atoms. The first-order valence-electron chi connectivity index (χ1n) is 9.08. The van der Waals surface area contributed by atoms with Crippen molar-refractivity contribution in [3.8, 4) is 5.75 Å². The van der Waals surface area contributed by atoms with Gasteiger partial charge in [-0.25, -0.2) is 4.68 Å². The van der Waals surface area contributed by atoms with Gasteiger partial charge < -0.3 is 4.74 Å². The Morgan fingerprint density at radius 3 is 2.70 bits per heavy atom. The standard InChI is InChI=1S/C20H20ClN5O2S2/c1-3-17-23-24-20(30-12-13-7-5-4-6-8-13)26(17)25-19(29)22-18(27)15-11-14(21)9-10-16(15)28-2/h4-11H,3,12H2,1-2H3,(H2,22,25,27,29). The van der Waals surface area contributed by atoms with Crippen molar-refractivity contribution in [3.63, 3.8) is 0 Å². The Labute approximate surface area is 189 Å². The van der Waals surface area contributed by atoms with Crippen LogP contribution in [-0.2, 0) is 12.2 Å². The molecule has 2 aromatic carbocycles. The average Bonchev–Trinajstić information content (AvgIpc) is 3.14. The van der Waals surface area contributed by atoms with Crippen molar-refractivity contribution in [2.45, 2.75) is 24.3 Å². The van der Waals surface area contributed by atoms with Gasteiger partial charge in [0, 0.05) is 17.2 Å². The third kappa shape index (κ3) is 5.50. The molecule has 10 heteroatoms. The summed E-state index contributed by atoms with van der Waals surface area (Å²) in [6, 6.07) is 14.8. The van der Waals surface area contributed by atoms with Gasteiger partial charge in [0.1, 0.15) is 5.75 Å². The van der Waals surface area contributed by atoms with Crippen LogP contribution in [0.1, 0.15) is 28.7 Å². The zero-order valence-corrected chi connectivity index (χ0v) is 18.8. The third-order valence-electron chi connectivity index (χ3n) is 4.07. The van der Waals surface area contributed by atoms with Crippen LogP contribution >= 0.6 is 35.6 Å². The number of thioether (sulfide) groups is 1. The predicted octanol–water partition coefficient (Wildman–Crippen LogP) is 4.05. The number of benzene rings is 2. The van der Waals surface area contributed by atoms with E-state index in [9.17, 15) is 4.79 Å². The van der Waals surface area contributed by atoms with E-state index in [1.54, 1.807) is 16.8 Å². The van der Waals surface area contributed by atoms with Gasteiger partial charge in [-0.2, -0.15) is 0 Å². The lowest BCUT2D eigenvalue weighted by molar-refractivity contribution is 0.0974. The second-order valence-electron chi connectivity index (χ2n) is 6.10. The molecule has 3 aromatic rings. The van der Waals surface area contributed by atoms with E-state index in [2.05, 4.69) is 20.9 Å². The van der Waals surface area contributed by atoms with Gasteiger partial charge in [-0.15, -0.1) is 10.2 Å². The number of halogens is 1. The number of carbonyl (C=O) groups is 1. The minimum absolute atomic E-state index is 0.109. The number of amides is 1. The Morgan fingerprint density at radius 1 is 1.23 bits per heavy atom. The number of hydrogen-bond acceptors (Lipinski definition) is 6. The highest BCUT2D eigenvalue weighted by atomic mass is 35.5. The monoisotopic (exact) mass is 461 g/mol. The zero-order valence-electron chi connectivity index (χ0n) is 16.4. The second kappa shape index (κ2) is 10.4. The molecule has 0 aliphatic heterocycles. The number of rotatable bonds is 7. The van der Waals surface area contributed by atoms with Crippen molar-refractivity contribution in [3.05, 3.63) is 70.5 Å². The first-order valence-corrected chi connectivity index (χ1v) is 10.9. The number of carbonyl (C=O) groups excluding carboxylic acids is 1. The quantitative estimate of drug-likeness (QED) is 0.405. The van der Waals surface area contributed by atoms with Gasteiger partial charge in [0.15, 0.2) is 10.9 Å². The molecule has 0 fully saturated rings. The Bertz CT molecular complexity index is 1040. The highest BCUT2D eigenvalue weighted by molar-refractivity contribution is 7.98. The number of ether oxygens (including phenoxy) is 1. The molecule has 30 heavy (non-hydrogen) atoms. The van der Waals surface area contributed by atoms with Gasteiger partial charge in [0.05, 0.1) is 12.7 Å². The Morgan fingerprint density at radius 2 is 2.00 bits per heavy atom. The molecule has 0 unspecified atom stereocenters. The fraction of sp³-hybridized carbons (Fsp3) is 0.200. The lowest BCUT2D eigenvalue weighted by Crippen LogP contribution is -2.39. The topological polar surface area (TPSA) is 81.1 Å².